The maximum absolute atomic E-state index is 12.2. The molecule has 10 rings (SSSR count). The summed E-state index contributed by atoms with van der Waals surface area (Å²) in [6, 6.07) is 44.4. The van der Waals surface area contributed by atoms with Crippen LogP contribution in [0.25, 0.3) is 0 Å². The summed E-state index contributed by atoms with van der Waals surface area (Å²) in [5.74, 6) is 7.89. The predicted molar refractivity (Wildman–Crippen MR) is 412 cm³/mol. The van der Waals surface area contributed by atoms with Crippen molar-refractivity contribution < 1.29 is 13.2 Å². The summed E-state index contributed by atoms with van der Waals surface area (Å²) in [5, 5.41) is 0. The first-order valence-corrected chi connectivity index (χ1v) is 37.2. The van der Waals surface area contributed by atoms with Gasteiger partial charge in [-0.15, -0.1) is 0 Å². The lowest BCUT2D eigenvalue weighted by Gasteiger charge is -2.33. The molecule has 530 valence electrons. The summed E-state index contributed by atoms with van der Waals surface area (Å²) >= 11 is 0. The van der Waals surface area contributed by atoms with Crippen LogP contribution in [0, 0.1) is 70.1 Å². The first kappa shape index (κ1) is 85.8. The average Bonchev–Trinajstić information content (AvgIpc) is 2.02. The zero-order chi connectivity index (χ0) is 71.5. The Kier molecular flexibility index (Phi) is 40.9. The van der Waals surface area contributed by atoms with Gasteiger partial charge in [0, 0.05) is 29.8 Å². The van der Waals surface area contributed by atoms with Gasteiger partial charge in [0.05, 0.1) is 5.92 Å². The summed E-state index contributed by atoms with van der Waals surface area (Å²) in [7, 11) is 0. The first-order chi connectivity index (χ1) is 44.6. The van der Waals surface area contributed by atoms with E-state index in [1.165, 1.54) is 126 Å². The van der Waals surface area contributed by atoms with Crippen LogP contribution in [0.5, 0.6) is 0 Å². The molecule has 1 atom stereocenters. The highest BCUT2D eigenvalue weighted by atomic mass is 19.4. The minimum Gasteiger partial charge on any atom is -0.301 e. The van der Waals surface area contributed by atoms with Crippen molar-refractivity contribution in [3.8, 4) is 0 Å². The second-order valence-electron chi connectivity index (χ2n) is 31.1. The van der Waals surface area contributed by atoms with Gasteiger partial charge in [0.25, 0.3) is 0 Å². The van der Waals surface area contributed by atoms with Crippen molar-refractivity contribution in [2.24, 2.45) is 35.5 Å². The van der Waals surface area contributed by atoms with E-state index in [1.54, 1.807) is 11.6 Å². The van der Waals surface area contributed by atoms with Gasteiger partial charge in [0.2, 0.25) is 0 Å². The highest BCUT2D eigenvalue weighted by Crippen LogP contribution is 2.41. The molecule has 0 bridgehead atoms. The number of rotatable bonds is 10. The highest BCUT2D eigenvalue weighted by Gasteiger charge is 2.39. The van der Waals surface area contributed by atoms with E-state index in [1.807, 2.05) is 33.2 Å². The fraction of sp³-hybridized carbons (Fsp3) is 0.596. The number of alkyl halides is 3. The van der Waals surface area contributed by atoms with Crippen LogP contribution in [0.3, 0.4) is 0 Å². The molecule has 1 saturated heterocycles. The van der Waals surface area contributed by atoms with Crippen molar-refractivity contribution in [1.82, 2.24) is 14.9 Å². The molecule has 1 aliphatic heterocycles. The molecule has 3 aliphatic carbocycles. The lowest BCUT2D eigenvalue weighted by Crippen LogP contribution is -2.37. The Bertz CT molecular complexity index is 2550. The molecule has 0 radical (unpaired) electrons. The molecule has 3 fully saturated rings. The molecule has 3 nitrogen and oxygen atoms in total. The van der Waals surface area contributed by atoms with Crippen molar-refractivity contribution in [3.63, 3.8) is 0 Å². The summed E-state index contributed by atoms with van der Waals surface area (Å²) in [4.78, 5) is 11.0. The van der Waals surface area contributed by atoms with E-state index in [0.29, 0.717) is 47.8 Å². The zero-order valence-corrected chi connectivity index (χ0v) is 65.0. The van der Waals surface area contributed by atoms with Crippen molar-refractivity contribution in [2.45, 2.75) is 297 Å². The Hall–Kier alpha value is -5.33. The third kappa shape index (κ3) is 37.3. The summed E-state index contributed by atoms with van der Waals surface area (Å²) in [6.45, 7) is 57.5. The van der Waals surface area contributed by atoms with Crippen LogP contribution in [0.2, 0.25) is 0 Å². The molecular weight excluding hydrogens is 1170 g/mol. The predicted octanol–water partition coefficient (Wildman–Crippen LogP) is 27.6. The summed E-state index contributed by atoms with van der Waals surface area (Å²) < 4.78 is 36.7. The maximum Gasteiger partial charge on any atom is 0.392 e. The second-order valence-corrected chi connectivity index (χ2v) is 31.1. The number of likely N-dealkylation sites (tertiary alicyclic amines) is 1. The van der Waals surface area contributed by atoms with E-state index in [-0.39, 0.29) is 12.8 Å². The third-order valence-electron chi connectivity index (χ3n) is 19.2. The highest BCUT2D eigenvalue weighted by molar-refractivity contribution is 5.30. The van der Waals surface area contributed by atoms with Crippen LogP contribution in [0.1, 0.15) is 318 Å². The van der Waals surface area contributed by atoms with Crippen LogP contribution in [-0.2, 0) is 0 Å². The number of hydrogen-bond donors (Lipinski definition) is 0. The number of benzene rings is 4. The van der Waals surface area contributed by atoms with Gasteiger partial charge in [-0.05, 0) is 241 Å². The molecule has 4 aliphatic rings. The smallest absolute Gasteiger partial charge is 0.301 e. The lowest BCUT2D eigenvalue weighted by molar-refractivity contribution is -0.176. The first-order valence-electron chi connectivity index (χ1n) is 37.2. The van der Waals surface area contributed by atoms with Crippen molar-refractivity contribution in [2.75, 3.05) is 13.1 Å². The Morgan fingerprint density at radius 2 is 0.779 bits per heavy atom. The number of aryl methyl sites for hydroxylation is 5. The third-order valence-corrected chi connectivity index (χ3v) is 19.2. The molecule has 2 aromatic heterocycles. The fourth-order valence-corrected chi connectivity index (χ4v) is 11.2. The molecule has 1 unspecified atom stereocenters. The number of pyridine rings is 2. The standard InChI is InChI=1S/C12H16.C10H15F3.C10H20.3C10H14.C9H19N.2C9H13N/c1-9(2)10-3-5-11(6-4-10)12-7-8-12;1-7(2)8-3-5-9(6-4-8)10(11,12)13;5*1-8(2)10-6-4-9(3)5-7-10;1-7(2)9-5-4-8(3)10-6-9;1-7(2)9-5-4-8(3)6-10-9/h3-6,9,12H,7-8H2,1-2H3;3,7,9H,4-6H2,1-2H3;8-10H,4-7H2,1-3H3;3*4-8H,1-3H3;8-9H,4-7H2,1-3H3;2*4-7H,1-3H3. The van der Waals surface area contributed by atoms with Crippen LogP contribution in [0.15, 0.2) is 145 Å². The van der Waals surface area contributed by atoms with Crippen LogP contribution < -0.4 is 0 Å². The monoisotopic (exact) mass is 1310 g/mol. The van der Waals surface area contributed by atoms with E-state index < -0.39 is 12.1 Å². The van der Waals surface area contributed by atoms with Gasteiger partial charge in [0.1, 0.15) is 0 Å². The SMILES string of the molecule is CC(C)C1=CCC(C(F)(F)F)CC1.CC(C)c1ccc(C2CC2)cc1.CC1CCC(C(C)C)CC1.CC1CCN(C(C)C)CC1.Cc1ccc(C(C)C)cc1.Cc1ccc(C(C)C)cc1.Cc1ccc(C(C)C)cc1.Cc1ccc(C(C)C)cn1.Cc1ccc(C(C)C)nc1. The molecular formula is C89H138F3N3. The molecule has 0 N–H and O–H groups in total. The van der Waals surface area contributed by atoms with Crippen molar-refractivity contribution in [1.29, 1.82) is 0 Å². The minimum atomic E-state index is -4.00. The van der Waals surface area contributed by atoms with E-state index in [4.69, 9.17) is 0 Å². The second kappa shape index (κ2) is 45.3. The van der Waals surface area contributed by atoms with Gasteiger partial charge in [-0.1, -0.05) is 275 Å². The van der Waals surface area contributed by atoms with Crippen LogP contribution >= 0.6 is 0 Å². The van der Waals surface area contributed by atoms with Gasteiger partial charge in [-0.3, -0.25) is 9.97 Å². The van der Waals surface area contributed by atoms with Gasteiger partial charge in [-0.25, -0.2) is 0 Å². The van der Waals surface area contributed by atoms with Gasteiger partial charge >= 0.3 is 6.18 Å². The quantitative estimate of drug-likeness (QED) is 0.128. The van der Waals surface area contributed by atoms with Crippen LogP contribution in [-0.4, -0.2) is 40.2 Å². The maximum atomic E-state index is 12.2. The Labute approximate surface area is 583 Å². The van der Waals surface area contributed by atoms with E-state index in [9.17, 15) is 13.2 Å². The number of nitrogens with zero attached hydrogens (tertiary/aromatic N) is 3. The lowest BCUT2D eigenvalue weighted by atomic mass is 9.78. The van der Waals surface area contributed by atoms with Crippen LogP contribution in [0.4, 0.5) is 13.2 Å². The number of allylic oxidation sites excluding steroid dienone is 2. The van der Waals surface area contributed by atoms with E-state index in [0.717, 1.165) is 41.3 Å². The molecule has 0 amide bonds. The molecule has 95 heavy (non-hydrogen) atoms. The fourth-order valence-electron chi connectivity index (χ4n) is 11.2. The Morgan fingerprint density at radius 1 is 0.389 bits per heavy atom. The van der Waals surface area contributed by atoms with Gasteiger partial charge < -0.3 is 4.90 Å². The molecule has 0 spiro atoms. The van der Waals surface area contributed by atoms with Crippen molar-refractivity contribution in [3.05, 3.63) is 212 Å². The normalized spacial score (nSPS) is 17.2. The molecule has 6 aromatic rings. The number of hydrogen-bond acceptors (Lipinski definition) is 3. The largest absolute Gasteiger partial charge is 0.392 e. The molecule has 3 heterocycles. The zero-order valence-electron chi connectivity index (χ0n) is 65.0. The average molecular weight is 1310 g/mol. The van der Waals surface area contributed by atoms with Gasteiger partial charge in [-0.2, -0.15) is 13.2 Å². The van der Waals surface area contributed by atoms with Crippen molar-refractivity contribution >= 4 is 0 Å². The Balaban J connectivity index is 0.000000364. The topological polar surface area (TPSA) is 29.0 Å². The van der Waals surface area contributed by atoms with E-state index >= 15 is 0 Å². The van der Waals surface area contributed by atoms with Gasteiger partial charge in [0.15, 0.2) is 0 Å². The minimum absolute atomic E-state index is 0.178. The Morgan fingerprint density at radius 3 is 1.07 bits per heavy atom. The summed E-state index contributed by atoms with van der Waals surface area (Å²) in [6.07, 6.45) is 14.2. The number of aromatic nitrogens is 2. The van der Waals surface area contributed by atoms with E-state index in [2.05, 4.69) is 289 Å². The molecule has 2 saturated carbocycles. The molecule has 4 aromatic carbocycles. The molecule has 6 heteroatoms. The number of piperidine rings is 1. The summed E-state index contributed by atoms with van der Waals surface area (Å²) in [5.41, 5.74) is 17.3. The number of halogens is 3.